The Kier molecular flexibility index (Phi) is 7.16. The van der Waals surface area contributed by atoms with Gasteiger partial charge in [0.25, 0.3) is 5.56 Å². The molecule has 3 fully saturated rings. The van der Waals surface area contributed by atoms with Crippen LogP contribution in [0.5, 0.6) is 0 Å². The van der Waals surface area contributed by atoms with Gasteiger partial charge in [-0.2, -0.15) is 0 Å². The summed E-state index contributed by atoms with van der Waals surface area (Å²) in [6, 6.07) is 14.0. The number of morpholine rings is 1. The van der Waals surface area contributed by atoms with Gasteiger partial charge >= 0.3 is 0 Å². The number of hydrogen-bond donors (Lipinski definition) is 2. The monoisotopic (exact) mass is 530 g/mol. The molecular formula is C29H34N6O4. The van der Waals surface area contributed by atoms with Crippen LogP contribution in [0.1, 0.15) is 35.8 Å². The summed E-state index contributed by atoms with van der Waals surface area (Å²) in [6.07, 6.45) is 0.480. The van der Waals surface area contributed by atoms with E-state index in [4.69, 9.17) is 4.74 Å². The fourth-order valence-corrected chi connectivity index (χ4v) is 5.86. The molecule has 2 amide bonds. The lowest BCUT2D eigenvalue weighted by atomic mass is 10.0. The highest BCUT2D eigenvalue weighted by Crippen LogP contribution is 2.24. The van der Waals surface area contributed by atoms with Crippen LogP contribution in [0.15, 0.2) is 47.3 Å². The highest BCUT2D eigenvalue weighted by atomic mass is 16.5. The van der Waals surface area contributed by atoms with E-state index >= 15 is 0 Å². The van der Waals surface area contributed by atoms with Gasteiger partial charge in [0.2, 0.25) is 11.8 Å². The van der Waals surface area contributed by atoms with Crippen LogP contribution in [-0.4, -0.2) is 76.6 Å². The second kappa shape index (κ2) is 10.9. The standard InChI is InChI=1S/C29H34N6O4/c1-19-31-24-4-2-3-23(27(24)29(38)35(19)25-9-10-26(36)32-28(25)37)30-15-20-5-7-21(8-6-20)16-33-17-22(18-33)34-11-13-39-14-12-34/h2-8,22,25,30H,9-18H2,1H3,(H,32,36,37). The van der Waals surface area contributed by atoms with E-state index in [0.717, 1.165) is 51.5 Å². The summed E-state index contributed by atoms with van der Waals surface area (Å²) < 4.78 is 6.88. The molecule has 6 rings (SSSR count). The Bertz CT molecular complexity index is 1440. The maximum atomic E-state index is 13.6. The van der Waals surface area contributed by atoms with E-state index in [9.17, 15) is 14.4 Å². The van der Waals surface area contributed by atoms with Crippen molar-refractivity contribution in [3.8, 4) is 0 Å². The Labute approximate surface area is 226 Å². The van der Waals surface area contributed by atoms with E-state index in [1.165, 1.54) is 10.1 Å². The Balaban J connectivity index is 1.12. The van der Waals surface area contributed by atoms with Crippen molar-refractivity contribution in [2.45, 2.75) is 44.9 Å². The molecule has 1 atom stereocenters. The maximum Gasteiger partial charge on any atom is 0.264 e. The van der Waals surface area contributed by atoms with Gasteiger partial charge < -0.3 is 10.1 Å². The van der Waals surface area contributed by atoms with Crippen LogP contribution in [0.25, 0.3) is 10.9 Å². The first-order chi connectivity index (χ1) is 19.0. The molecule has 0 spiro atoms. The van der Waals surface area contributed by atoms with Crippen LogP contribution < -0.4 is 16.2 Å². The lowest BCUT2D eigenvalue weighted by Crippen LogP contribution is -2.60. The number of anilines is 1. The molecule has 3 aromatic rings. The molecular weight excluding hydrogens is 496 g/mol. The van der Waals surface area contributed by atoms with Gasteiger partial charge in [0.05, 0.1) is 24.1 Å². The minimum atomic E-state index is -0.747. The van der Waals surface area contributed by atoms with Crippen molar-refractivity contribution in [1.82, 2.24) is 24.7 Å². The molecule has 1 unspecified atom stereocenters. The van der Waals surface area contributed by atoms with E-state index < -0.39 is 11.9 Å². The predicted molar refractivity (Wildman–Crippen MR) is 147 cm³/mol. The van der Waals surface area contributed by atoms with Gasteiger partial charge in [-0.25, -0.2) is 4.98 Å². The number of likely N-dealkylation sites (tertiary alicyclic amines) is 1. The fourth-order valence-electron chi connectivity index (χ4n) is 5.86. The van der Waals surface area contributed by atoms with Crippen molar-refractivity contribution in [3.63, 3.8) is 0 Å². The SMILES string of the molecule is Cc1nc2cccc(NCc3ccc(CN4CC(N5CCOCC5)C4)cc3)c2c(=O)n1C1CCC(=O)NC1=O. The zero-order chi connectivity index (χ0) is 26.9. The summed E-state index contributed by atoms with van der Waals surface area (Å²) in [5, 5.41) is 6.19. The smallest absolute Gasteiger partial charge is 0.264 e. The second-order valence-electron chi connectivity index (χ2n) is 10.7. The topological polar surface area (TPSA) is 109 Å². The number of ether oxygens (including phenoxy) is 1. The lowest BCUT2D eigenvalue weighted by molar-refractivity contribution is -0.135. The van der Waals surface area contributed by atoms with Crippen LogP contribution in [-0.2, 0) is 27.4 Å². The zero-order valence-electron chi connectivity index (χ0n) is 22.2. The summed E-state index contributed by atoms with van der Waals surface area (Å²) in [5.41, 5.74) is 3.36. The largest absolute Gasteiger partial charge is 0.380 e. The van der Waals surface area contributed by atoms with Gasteiger partial charge in [-0.15, -0.1) is 0 Å². The molecule has 10 nitrogen and oxygen atoms in total. The lowest BCUT2D eigenvalue weighted by Gasteiger charge is -2.46. The molecule has 0 radical (unpaired) electrons. The molecule has 4 heterocycles. The van der Waals surface area contributed by atoms with Crippen LogP contribution in [0.2, 0.25) is 0 Å². The predicted octanol–water partition coefficient (Wildman–Crippen LogP) is 1.81. The molecule has 0 aliphatic carbocycles. The van der Waals surface area contributed by atoms with Crippen LogP contribution in [0.4, 0.5) is 5.69 Å². The maximum absolute atomic E-state index is 13.6. The molecule has 1 aromatic heterocycles. The molecule has 3 saturated heterocycles. The summed E-state index contributed by atoms with van der Waals surface area (Å²) in [4.78, 5) is 47.4. The number of amides is 2. The van der Waals surface area contributed by atoms with Crippen molar-refractivity contribution >= 4 is 28.4 Å². The third-order valence-electron chi connectivity index (χ3n) is 8.04. The van der Waals surface area contributed by atoms with Gasteiger partial charge in [0.15, 0.2) is 0 Å². The Morgan fingerprint density at radius 2 is 1.77 bits per heavy atom. The highest BCUT2D eigenvalue weighted by molar-refractivity contribution is 5.99. The molecule has 204 valence electrons. The van der Waals surface area contributed by atoms with Crippen molar-refractivity contribution in [1.29, 1.82) is 0 Å². The number of hydrogen-bond acceptors (Lipinski definition) is 8. The first-order valence-corrected chi connectivity index (χ1v) is 13.7. The molecule has 0 bridgehead atoms. The number of benzene rings is 2. The van der Waals surface area contributed by atoms with Gasteiger partial charge in [0.1, 0.15) is 11.9 Å². The quantitative estimate of drug-likeness (QED) is 0.446. The molecule has 2 aromatic carbocycles. The third-order valence-corrected chi connectivity index (χ3v) is 8.04. The van der Waals surface area contributed by atoms with E-state index in [0.29, 0.717) is 35.0 Å². The minimum absolute atomic E-state index is 0.197. The van der Waals surface area contributed by atoms with Crippen molar-refractivity contribution in [2.75, 3.05) is 44.7 Å². The number of carbonyl (C=O) groups excluding carboxylic acids is 2. The number of aryl methyl sites for hydroxylation is 1. The highest BCUT2D eigenvalue weighted by Gasteiger charge is 2.32. The van der Waals surface area contributed by atoms with E-state index in [-0.39, 0.29) is 24.3 Å². The normalized spacial score (nSPS) is 21.1. The van der Waals surface area contributed by atoms with E-state index in [1.54, 1.807) is 13.0 Å². The van der Waals surface area contributed by atoms with E-state index in [1.807, 2.05) is 12.1 Å². The number of rotatable bonds is 7. The number of piperidine rings is 1. The van der Waals surface area contributed by atoms with Crippen LogP contribution in [0.3, 0.4) is 0 Å². The number of imide groups is 1. The molecule has 39 heavy (non-hydrogen) atoms. The number of nitrogens with zero attached hydrogens (tertiary/aromatic N) is 4. The first kappa shape index (κ1) is 25.7. The van der Waals surface area contributed by atoms with Crippen molar-refractivity contribution < 1.29 is 14.3 Å². The number of nitrogens with one attached hydrogen (secondary N) is 2. The van der Waals surface area contributed by atoms with Crippen molar-refractivity contribution in [3.05, 3.63) is 69.8 Å². The Morgan fingerprint density at radius 1 is 1.03 bits per heavy atom. The number of aromatic nitrogens is 2. The summed E-state index contributed by atoms with van der Waals surface area (Å²) >= 11 is 0. The van der Waals surface area contributed by atoms with E-state index in [2.05, 4.69) is 49.7 Å². The molecule has 10 heteroatoms. The zero-order valence-corrected chi connectivity index (χ0v) is 22.2. The summed E-state index contributed by atoms with van der Waals surface area (Å²) in [5.74, 6) is -0.322. The van der Waals surface area contributed by atoms with Crippen LogP contribution >= 0.6 is 0 Å². The summed E-state index contributed by atoms with van der Waals surface area (Å²) in [7, 11) is 0. The summed E-state index contributed by atoms with van der Waals surface area (Å²) in [6.45, 7) is 9.19. The minimum Gasteiger partial charge on any atom is -0.380 e. The number of fused-ring (bicyclic) bond motifs is 1. The van der Waals surface area contributed by atoms with Gasteiger partial charge in [-0.1, -0.05) is 30.3 Å². The Hall–Kier alpha value is -3.60. The second-order valence-corrected chi connectivity index (χ2v) is 10.7. The molecule has 2 N–H and O–H groups in total. The molecule has 3 aliphatic rings. The molecule has 0 saturated carbocycles. The third kappa shape index (κ3) is 5.32. The van der Waals surface area contributed by atoms with Crippen LogP contribution in [0, 0.1) is 6.92 Å². The average Bonchev–Trinajstić information content (AvgIpc) is 2.91. The average molecular weight is 531 g/mol. The fraction of sp³-hybridized carbons (Fsp3) is 0.448. The van der Waals surface area contributed by atoms with Gasteiger partial charge in [-0.05, 0) is 36.6 Å². The first-order valence-electron chi connectivity index (χ1n) is 13.7. The van der Waals surface area contributed by atoms with Crippen molar-refractivity contribution in [2.24, 2.45) is 0 Å². The number of carbonyl (C=O) groups is 2. The molecule has 3 aliphatic heterocycles. The van der Waals surface area contributed by atoms with Gasteiger partial charge in [0, 0.05) is 57.4 Å². The Morgan fingerprint density at radius 3 is 2.51 bits per heavy atom. The van der Waals surface area contributed by atoms with Gasteiger partial charge in [-0.3, -0.25) is 34.1 Å².